The van der Waals surface area contributed by atoms with Crippen molar-refractivity contribution in [3.63, 3.8) is 0 Å². The number of thioether (sulfide) groups is 1. The number of nitrogens with one attached hydrogen (secondary N) is 1. The molecule has 1 aromatic heterocycles. The molecule has 0 saturated carbocycles. The van der Waals surface area contributed by atoms with Gasteiger partial charge in [0.05, 0.1) is 5.39 Å². The second-order valence-electron chi connectivity index (χ2n) is 4.82. The van der Waals surface area contributed by atoms with E-state index in [2.05, 4.69) is 5.32 Å². The molecule has 116 valence electrons. The Morgan fingerprint density at radius 2 is 2.00 bits per heavy atom. The Morgan fingerprint density at radius 1 is 1.17 bits per heavy atom. The van der Waals surface area contributed by atoms with Gasteiger partial charge >= 0.3 is 5.63 Å². The van der Waals surface area contributed by atoms with Gasteiger partial charge in [0.2, 0.25) is 0 Å². The third-order valence-corrected chi connectivity index (χ3v) is 4.00. The zero-order chi connectivity index (χ0) is 16.4. The van der Waals surface area contributed by atoms with Crippen molar-refractivity contribution in [3.05, 3.63) is 70.5 Å². The average molecular weight is 329 g/mol. The van der Waals surface area contributed by atoms with E-state index in [9.17, 15) is 14.0 Å². The first-order chi connectivity index (χ1) is 11.1. The Kier molecular flexibility index (Phi) is 4.16. The first-order valence-corrected chi connectivity index (χ1v) is 7.98. The van der Waals surface area contributed by atoms with Gasteiger partial charge in [-0.15, -0.1) is 11.8 Å². The fourth-order valence-corrected chi connectivity index (χ4v) is 2.63. The molecule has 4 nitrogen and oxygen atoms in total. The maximum Gasteiger partial charge on any atom is 0.344 e. The van der Waals surface area contributed by atoms with E-state index in [1.165, 1.54) is 24.3 Å². The summed E-state index contributed by atoms with van der Waals surface area (Å²) >= 11 is 1.55. The second-order valence-corrected chi connectivity index (χ2v) is 5.70. The SMILES string of the molecule is CSc1cccc(NC(=O)c2cc3cc(F)ccc3c(=O)o2)c1. The molecule has 0 aliphatic carbocycles. The molecule has 1 amide bonds. The summed E-state index contributed by atoms with van der Waals surface area (Å²) in [5, 5.41) is 3.21. The zero-order valence-electron chi connectivity index (χ0n) is 12.1. The van der Waals surface area contributed by atoms with Gasteiger partial charge in [-0.25, -0.2) is 9.18 Å². The third kappa shape index (κ3) is 3.27. The maximum atomic E-state index is 13.3. The molecule has 0 spiro atoms. The van der Waals surface area contributed by atoms with Crippen molar-refractivity contribution in [2.24, 2.45) is 0 Å². The number of anilines is 1. The molecule has 3 aromatic rings. The van der Waals surface area contributed by atoms with Crippen molar-refractivity contribution in [3.8, 4) is 0 Å². The molecule has 0 aliphatic heterocycles. The van der Waals surface area contributed by atoms with Crippen molar-refractivity contribution in [1.29, 1.82) is 0 Å². The Hall–Kier alpha value is -2.60. The van der Waals surface area contributed by atoms with E-state index in [0.717, 1.165) is 4.90 Å². The van der Waals surface area contributed by atoms with Crippen LogP contribution in [0.3, 0.4) is 0 Å². The maximum absolute atomic E-state index is 13.3. The van der Waals surface area contributed by atoms with Crippen LogP contribution in [0.1, 0.15) is 10.6 Å². The van der Waals surface area contributed by atoms with Crippen molar-refractivity contribution in [1.82, 2.24) is 0 Å². The van der Waals surface area contributed by atoms with Crippen molar-refractivity contribution < 1.29 is 13.6 Å². The van der Waals surface area contributed by atoms with Crippen LogP contribution in [-0.2, 0) is 0 Å². The molecule has 0 radical (unpaired) electrons. The molecule has 3 rings (SSSR count). The number of fused-ring (bicyclic) bond motifs is 1. The normalized spacial score (nSPS) is 10.7. The van der Waals surface area contributed by atoms with Gasteiger partial charge in [0.25, 0.3) is 5.91 Å². The number of hydrogen-bond acceptors (Lipinski definition) is 4. The van der Waals surface area contributed by atoms with Crippen LogP contribution in [0, 0.1) is 5.82 Å². The lowest BCUT2D eigenvalue weighted by atomic mass is 10.1. The lowest BCUT2D eigenvalue weighted by Crippen LogP contribution is -2.15. The standard InChI is InChI=1S/C17H12FNO3S/c1-23-13-4-2-3-12(9-13)19-16(20)15-8-10-7-11(18)5-6-14(10)17(21)22-15/h2-9H,1H3,(H,19,20). The summed E-state index contributed by atoms with van der Waals surface area (Å²) in [7, 11) is 0. The fraction of sp³-hybridized carbons (Fsp3) is 0.0588. The predicted octanol–water partition coefficient (Wildman–Crippen LogP) is 3.91. The minimum Gasteiger partial charge on any atom is -0.417 e. The molecule has 0 fully saturated rings. The molecular weight excluding hydrogens is 317 g/mol. The van der Waals surface area contributed by atoms with Crippen molar-refractivity contribution in [2.45, 2.75) is 4.90 Å². The van der Waals surface area contributed by atoms with Crippen LogP contribution in [0.4, 0.5) is 10.1 Å². The lowest BCUT2D eigenvalue weighted by Gasteiger charge is -2.06. The fourth-order valence-electron chi connectivity index (χ4n) is 2.17. The molecule has 0 saturated heterocycles. The number of rotatable bonds is 3. The predicted molar refractivity (Wildman–Crippen MR) is 88.6 cm³/mol. The van der Waals surface area contributed by atoms with E-state index >= 15 is 0 Å². The number of halogens is 1. The molecule has 1 N–H and O–H groups in total. The molecule has 0 bridgehead atoms. The average Bonchev–Trinajstić information content (AvgIpc) is 2.54. The summed E-state index contributed by atoms with van der Waals surface area (Å²) < 4.78 is 18.3. The summed E-state index contributed by atoms with van der Waals surface area (Å²) in [6, 6.07) is 12.3. The van der Waals surface area contributed by atoms with Crippen LogP contribution in [0.15, 0.2) is 62.6 Å². The summed E-state index contributed by atoms with van der Waals surface area (Å²) in [5.74, 6) is -1.21. The van der Waals surface area contributed by atoms with E-state index in [1.54, 1.807) is 23.9 Å². The minimum absolute atomic E-state index is 0.164. The smallest absolute Gasteiger partial charge is 0.344 e. The van der Waals surface area contributed by atoms with E-state index in [0.29, 0.717) is 11.1 Å². The third-order valence-electron chi connectivity index (χ3n) is 3.27. The highest BCUT2D eigenvalue weighted by Crippen LogP contribution is 2.20. The summed E-state index contributed by atoms with van der Waals surface area (Å²) in [4.78, 5) is 25.1. The molecule has 6 heteroatoms. The van der Waals surface area contributed by atoms with Gasteiger partial charge in [-0.3, -0.25) is 4.79 Å². The number of carbonyl (C=O) groups excluding carboxylic acids is 1. The van der Waals surface area contributed by atoms with Gasteiger partial charge in [-0.1, -0.05) is 6.07 Å². The van der Waals surface area contributed by atoms with Crippen molar-refractivity contribution >= 4 is 34.1 Å². The number of benzene rings is 2. The zero-order valence-corrected chi connectivity index (χ0v) is 12.9. The van der Waals surface area contributed by atoms with Crippen LogP contribution in [-0.4, -0.2) is 12.2 Å². The molecule has 23 heavy (non-hydrogen) atoms. The van der Waals surface area contributed by atoms with Crippen LogP contribution < -0.4 is 10.9 Å². The Balaban J connectivity index is 1.95. The second kappa shape index (κ2) is 6.26. The Bertz CT molecular complexity index is 952. The van der Waals surface area contributed by atoms with Gasteiger partial charge in [0, 0.05) is 10.6 Å². The minimum atomic E-state index is -0.675. The van der Waals surface area contributed by atoms with E-state index in [4.69, 9.17) is 4.42 Å². The van der Waals surface area contributed by atoms with Gasteiger partial charge in [-0.2, -0.15) is 0 Å². The van der Waals surface area contributed by atoms with Gasteiger partial charge in [0.1, 0.15) is 5.82 Å². The number of carbonyl (C=O) groups is 1. The van der Waals surface area contributed by atoms with E-state index < -0.39 is 17.3 Å². The summed E-state index contributed by atoms with van der Waals surface area (Å²) in [6.07, 6.45) is 1.93. The monoisotopic (exact) mass is 329 g/mol. The van der Waals surface area contributed by atoms with Gasteiger partial charge < -0.3 is 9.73 Å². The summed E-state index contributed by atoms with van der Waals surface area (Å²) in [6.45, 7) is 0. The van der Waals surface area contributed by atoms with E-state index in [1.807, 2.05) is 18.4 Å². The summed E-state index contributed by atoms with van der Waals surface area (Å²) in [5.41, 5.74) is -0.0886. The van der Waals surface area contributed by atoms with Gasteiger partial charge in [-0.05, 0) is 54.1 Å². The molecule has 1 heterocycles. The highest BCUT2D eigenvalue weighted by molar-refractivity contribution is 7.98. The molecule has 0 unspecified atom stereocenters. The van der Waals surface area contributed by atoms with Crippen LogP contribution in [0.5, 0.6) is 0 Å². The molecule has 0 aliphatic rings. The molecule has 0 atom stereocenters. The van der Waals surface area contributed by atoms with Crippen LogP contribution in [0.2, 0.25) is 0 Å². The largest absolute Gasteiger partial charge is 0.417 e. The molecule has 2 aromatic carbocycles. The Labute approximate surface area is 135 Å². The quantitative estimate of drug-likeness (QED) is 0.740. The van der Waals surface area contributed by atoms with Gasteiger partial charge in [0.15, 0.2) is 5.76 Å². The highest BCUT2D eigenvalue weighted by atomic mass is 32.2. The highest BCUT2D eigenvalue weighted by Gasteiger charge is 2.13. The van der Waals surface area contributed by atoms with Crippen LogP contribution in [0.25, 0.3) is 10.8 Å². The lowest BCUT2D eigenvalue weighted by molar-refractivity contribution is 0.0993. The van der Waals surface area contributed by atoms with Crippen molar-refractivity contribution in [2.75, 3.05) is 11.6 Å². The topological polar surface area (TPSA) is 59.3 Å². The Morgan fingerprint density at radius 3 is 2.78 bits per heavy atom. The van der Waals surface area contributed by atoms with E-state index in [-0.39, 0.29) is 11.1 Å². The number of amides is 1. The van der Waals surface area contributed by atoms with Crippen LogP contribution >= 0.6 is 11.8 Å². The first-order valence-electron chi connectivity index (χ1n) is 6.75. The molecular formula is C17H12FNO3S. The number of hydrogen-bond donors (Lipinski definition) is 1. The first kappa shape index (κ1) is 15.3.